The van der Waals surface area contributed by atoms with E-state index in [4.69, 9.17) is 0 Å². The van der Waals surface area contributed by atoms with Crippen LogP contribution in [0.2, 0.25) is 0 Å². The SMILES string of the molecule is O=C(NCc1ccccc1-n1ccnc1)C1CCN1. The van der Waals surface area contributed by atoms with Gasteiger partial charge < -0.3 is 15.2 Å². The number of nitrogens with one attached hydrogen (secondary N) is 2. The topological polar surface area (TPSA) is 59.0 Å². The molecule has 1 aromatic heterocycles. The maximum atomic E-state index is 11.8. The van der Waals surface area contributed by atoms with Crippen molar-refractivity contribution < 1.29 is 4.79 Å². The van der Waals surface area contributed by atoms with E-state index in [2.05, 4.69) is 15.6 Å². The van der Waals surface area contributed by atoms with Gasteiger partial charge in [0.1, 0.15) is 0 Å². The Balaban J connectivity index is 1.72. The summed E-state index contributed by atoms with van der Waals surface area (Å²) in [4.78, 5) is 15.9. The standard InChI is InChI=1S/C14H16N4O/c19-14(12-5-6-16-12)17-9-11-3-1-2-4-13(11)18-8-7-15-10-18/h1-4,7-8,10,12,16H,5-6,9H2,(H,17,19). The lowest BCUT2D eigenvalue weighted by atomic mass is 10.1. The van der Waals surface area contributed by atoms with E-state index >= 15 is 0 Å². The van der Waals surface area contributed by atoms with Gasteiger partial charge in [-0.1, -0.05) is 18.2 Å². The molecule has 1 atom stereocenters. The van der Waals surface area contributed by atoms with Gasteiger partial charge in [0.05, 0.1) is 18.1 Å². The van der Waals surface area contributed by atoms with Crippen molar-refractivity contribution in [2.45, 2.75) is 19.0 Å². The molecule has 0 radical (unpaired) electrons. The van der Waals surface area contributed by atoms with Crippen LogP contribution in [0.5, 0.6) is 0 Å². The fraction of sp³-hybridized carbons (Fsp3) is 0.286. The van der Waals surface area contributed by atoms with E-state index in [-0.39, 0.29) is 11.9 Å². The third-order valence-electron chi connectivity index (χ3n) is 3.37. The number of carbonyl (C=O) groups is 1. The van der Waals surface area contributed by atoms with Crippen LogP contribution in [0.4, 0.5) is 0 Å². The molecule has 0 spiro atoms. The summed E-state index contributed by atoms with van der Waals surface area (Å²) in [6.45, 7) is 1.47. The summed E-state index contributed by atoms with van der Waals surface area (Å²) in [5, 5.41) is 6.06. The van der Waals surface area contributed by atoms with E-state index in [9.17, 15) is 4.79 Å². The summed E-state index contributed by atoms with van der Waals surface area (Å²) in [5.74, 6) is 0.0756. The van der Waals surface area contributed by atoms with Gasteiger partial charge in [0, 0.05) is 18.9 Å². The van der Waals surface area contributed by atoms with E-state index in [1.165, 1.54) is 0 Å². The number of benzene rings is 1. The zero-order valence-corrected chi connectivity index (χ0v) is 10.5. The highest BCUT2D eigenvalue weighted by Gasteiger charge is 2.23. The molecule has 0 saturated carbocycles. The average molecular weight is 256 g/mol. The molecule has 0 bridgehead atoms. The molecule has 1 aliphatic heterocycles. The van der Waals surface area contributed by atoms with Gasteiger partial charge in [-0.15, -0.1) is 0 Å². The van der Waals surface area contributed by atoms with Crippen LogP contribution < -0.4 is 10.6 Å². The zero-order chi connectivity index (χ0) is 13.1. The first-order valence-electron chi connectivity index (χ1n) is 6.42. The Morgan fingerprint density at radius 3 is 3.00 bits per heavy atom. The molecule has 1 aromatic carbocycles. The molecule has 5 heteroatoms. The molecule has 0 aliphatic carbocycles. The summed E-state index contributed by atoms with van der Waals surface area (Å²) < 4.78 is 1.95. The van der Waals surface area contributed by atoms with Crippen LogP contribution in [0.1, 0.15) is 12.0 Å². The Hall–Kier alpha value is -2.14. The molecule has 1 aliphatic rings. The molecule has 2 aromatic rings. The first-order chi connectivity index (χ1) is 9.34. The summed E-state index contributed by atoms with van der Waals surface area (Å²) >= 11 is 0. The zero-order valence-electron chi connectivity index (χ0n) is 10.5. The fourth-order valence-corrected chi connectivity index (χ4v) is 2.13. The summed E-state index contributed by atoms with van der Waals surface area (Å²) in [7, 11) is 0. The number of rotatable bonds is 4. The molecule has 98 valence electrons. The Morgan fingerprint density at radius 2 is 2.32 bits per heavy atom. The fourth-order valence-electron chi connectivity index (χ4n) is 2.13. The molecule has 1 amide bonds. The number of aromatic nitrogens is 2. The largest absolute Gasteiger partial charge is 0.351 e. The van der Waals surface area contributed by atoms with Gasteiger partial charge in [-0.3, -0.25) is 4.79 Å². The monoisotopic (exact) mass is 256 g/mol. The van der Waals surface area contributed by atoms with Crippen molar-refractivity contribution in [2.75, 3.05) is 6.54 Å². The number of imidazole rings is 1. The normalized spacial score (nSPS) is 17.8. The molecule has 1 saturated heterocycles. The third-order valence-corrected chi connectivity index (χ3v) is 3.37. The first-order valence-corrected chi connectivity index (χ1v) is 6.42. The second-order valence-electron chi connectivity index (χ2n) is 4.61. The maximum absolute atomic E-state index is 11.8. The van der Waals surface area contributed by atoms with Gasteiger partial charge in [-0.2, -0.15) is 0 Å². The number of amides is 1. The molecular formula is C14H16N4O. The average Bonchev–Trinajstić information content (AvgIpc) is 2.88. The molecule has 2 N–H and O–H groups in total. The predicted octanol–water partition coefficient (Wildman–Crippen LogP) is 0.850. The second kappa shape index (κ2) is 5.24. The molecular weight excluding hydrogens is 240 g/mol. The third kappa shape index (κ3) is 2.51. The highest BCUT2D eigenvalue weighted by molar-refractivity contribution is 5.82. The lowest BCUT2D eigenvalue weighted by Gasteiger charge is -2.26. The Morgan fingerprint density at radius 1 is 1.47 bits per heavy atom. The molecule has 5 nitrogen and oxygen atoms in total. The van der Waals surface area contributed by atoms with Gasteiger partial charge >= 0.3 is 0 Å². The van der Waals surface area contributed by atoms with E-state index < -0.39 is 0 Å². The van der Waals surface area contributed by atoms with Gasteiger partial charge in [-0.05, 0) is 24.6 Å². The van der Waals surface area contributed by atoms with Gasteiger partial charge in [0.2, 0.25) is 5.91 Å². The smallest absolute Gasteiger partial charge is 0.237 e. The number of carbonyl (C=O) groups excluding carboxylic acids is 1. The van der Waals surface area contributed by atoms with Crippen LogP contribution in [0.15, 0.2) is 43.0 Å². The quantitative estimate of drug-likeness (QED) is 0.852. The molecule has 19 heavy (non-hydrogen) atoms. The minimum Gasteiger partial charge on any atom is -0.351 e. The van der Waals surface area contributed by atoms with Gasteiger partial charge in [0.25, 0.3) is 0 Å². The lowest BCUT2D eigenvalue weighted by Crippen LogP contribution is -2.53. The first kappa shape index (κ1) is 11.9. The van der Waals surface area contributed by atoms with E-state index in [0.29, 0.717) is 6.54 Å². The number of para-hydroxylation sites is 1. The van der Waals surface area contributed by atoms with E-state index in [1.807, 2.05) is 35.0 Å². The van der Waals surface area contributed by atoms with Crippen LogP contribution in [0.25, 0.3) is 5.69 Å². The van der Waals surface area contributed by atoms with Crippen LogP contribution >= 0.6 is 0 Å². The van der Waals surface area contributed by atoms with E-state index in [0.717, 1.165) is 24.2 Å². The van der Waals surface area contributed by atoms with Crippen molar-refractivity contribution in [3.63, 3.8) is 0 Å². The predicted molar refractivity (Wildman–Crippen MR) is 71.8 cm³/mol. The van der Waals surface area contributed by atoms with Crippen molar-refractivity contribution in [3.05, 3.63) is 48.5 Å². The maximum Gasteiger partial charge on any atom is 0.237 e. The minimum absolute atomic E-state index is 0.0135. The van der Waals surface area contributed by atoms with Crippen LogP contribution in [0.3, 0.4) is 0 Å². The summed E-state index contributed by atoms with van der Waals surface area (Å²) in [6, 6.07) is 7.98. The molecule has 1 fully saturated rings. The number of nitrogens with zero attached hydrogens (tertiary/aromatic N) is 2. The molecule has 3 rings (SSSR count). The number of hydrogen-bond donors (Lipinski definition) is 2. The minimum atomic E-state index is -0.0135. The van der Waals surface area contributed by atoms with Gasteiger partial charge in [0.15, 0.2) is 0 Å². The second-order valence-corrected chi connectivity index (χ2v) is 4.61. The highest BCUT2D eigenvalue weighted by Crippen LogP contribution is 2.14. The van der Waals surface area contributed by atoms with Gasteiger partial charge in [-0.25, -0.2) is 4.98 Å². The molecule has 2 heterocycles. The Bertz CT molecular complexity index is 561. The van der Waals surface area contributed by atoms with Crippen molar-refractivity contribution >= 4 is 5.91 Å². The Kier molecular flexibility index (Phi) is 3.29. The highest BCUT2D eigenvalue weighted by atomic mass is 16.2. The van der Waals surface area contributed by atoms with E-state index in [1.54, 1.807) is 12.5 Å². The summed E-state index contributed by atoms with van der Waals surface area (Å²) in [5.41, 5.74) is 2.12. The summed E-state index contributed by atoms with van der Waals surface area (Å²) in [6.07, 6.45) is 6.32. The van der Waals surface area contributed by atoms with Crippen molar-refractivity contribution in [3.8, 4) is 5.69 Å². The van der Waals surface area contributed by atoms with Crippen molar-refractivity contribution in [1.29, 1.82) is 0 Å². The lowest BCUT2D eigenvalue weighted by molar-refractivity contribution is -0.124. The van der Waals surface area contributed by atoms with Crippen LogP contribution in [-0.2, 0) is 11.3 Å². The molecule has 1 unspecified atom stereocenters. The van der Waals surface area contributed by atoms with Crippen LogP contribution in [-0.4, -0.2) is 28.0 Å². The van der Waals surface area contributed by atoms with Crippen molar-refractivity contribution in [1.82, 2.24) is 20.2 Å². The van der Waals surface area contributed by atoms with Crippen molar-refractivity contribution in [2.24, 2.45) is 0 Å². The number of hydrogen-bond acceptors (Lipinski definition) is 3. The Labute approximate surface area is 111 Å². The van der Waals surface area contributed by atoms with Crippen LogP contribution in [0, 0.1) is 0 Å².